The first-order valence-electron chi connectivity index (χ1n) is 12.1. The normalized spacial score (nSPS) is 14.9. The number of benzene rings is 3. The first kappa shape index (κ1) is 25.7. The number of carbonyl (C=O) groups excluding carboxylic acids is 1. The Labute approximate surface area is 210 Å². The van der Waals surface area contributed by atoms with Gasteiger partial charge in [0.25, 0.3) is 0 Å². The maximum Gasteiger partial charge on any atom is 0.305 e. The number of aldehydes is 1. The Morgan fingerprint density at radius 2 is 1.81 bits per heavy atom. The average Bonchev–Trinajstić information content (AvgIpc) is 2.88. The van der Waals surface area contributed by atoms with E-state index < -0.39 is 28.5 Å². The maximum atomic E-state index is 13.1. The van der Waals surface area contributed by atoms with Crippen LogP contribution in [0.25, 0.3) is 10.8 Å². The molecule has 0 aliphatic carbocycles. The van der Waals surface area contributed by atoms with E-state index in [4.69, 9.17) is 9.84 Å². The molecule has 0 bridgehead atoms. The minimum atomic E-state index is -4.21. The molecule has 1 fully saturated rings. The molecule has 190 valence electrons. The monoisotopic (exact) mass is 510 g/mol. The highest BCUT2D eigenvalue weighted by Gasteiger charge is 2.26. The second-order valence-corrected chi connectivity index (χ2v) is 10.6. The van der Waals surface area contributed by atoms with Crippen LogP contribution in [0.15, 0.2) is 65.6 Å². The van der Waals surface area contributed by atoms with Gasteiger partial charge < -0.3 is 19.5 Å². The molecule has 0 spiro atoms. The van der Waals surface area contributed by atoms with Crippen molar-refractivity contribution in [3.05, 3.63) is 66.2 Å². The van der Waals surface area contributed by atoms with E-state index in [1.807, 2.05) is 42.5 Å². The Balaban J connectivity index is 1.60. The van der Waals surface area contributed by atoms with E-state index in [-0.39, 0.29) is 23.5 Å². The summed E-state index contributed by atoms with van der Waals surface area (Å²) in [4.78, 5) is 24.4. The van der Waals surface area contributed by atoms with Crippen LogP contribution in [0.4, 0.5) is 5.69 Å². The second-order valence-electron chi connectivity index (χ2n) is 8.88. The summed E-state index contributed by atoms with van der Waals surface area (Å²) < 4.78 is 34.5. The molecule has 3 aromatic rings. The summed E-state index contributed by atoms with van der Waals surface area (Å²) in [6.07, 6.45) is 3.50. The number of aliphatic carboxylic acids is 1. The molecule has 3 aromatic carbocycles. The highest BCUT2D eigenvalue weighted by Crippen LogP contribution is 2.31. The van der Waals surface area contributed by atoms with Crippen molar-refractivity contribution in [2.75, 3.05) is 24.6 Å². The lowest BCUT2D eigenvalue weighted by molar-refractivity contribution is -0.138. The summed E-state index contributed by atoms with van der Waals surface area (Å²) in [5.74, 6) is -1.10. The van der Waals surface area contributed by atoms with E-state index >= 15 is 0 Å². The summed E-state index contributed by atoms with van der Waals surface area (Å²) in [6, 6.07) is 17.6. The number of carbonyl (C=O) groups is 2. The Bertz CT molecular complexity index is 1330. The van der Waals surface area contributed by atoms with Crippen molar-refractivity contribution in [3.63, 3.8) is 0 Å². The highest BCUT2D eigenvalue weighted by atomic mass is 32.2. The summed E-state index contributed by atoms with van der Waals surface area (Å²) in [5, 5.41) is 11.2. The van der Waals surface area contributed by atoms with Gasteiger partial charge in [-0.15, -0.1) is 0 Å². The van der Waals surface area contributed by atoms with Gasteiger partial charge in [0.1, 0.15) is 16.9 Å². The van der Waals surface area contributed by atoms with Crippen LogP contribution >= 0.6 is 0 Å². The predicted molar refractivity (Wildman–Crippen MR) is 138 cm³/mol. The molecular formula is C27H30N2O6S. The molecular weight excluding hydrogens is 480 g/mol. The van der Waals surface area contributed by atoms with Crippen LogP contribution in [0.1, 0.15) is 31.2 Å². The maximum absolute atomic E-state index is 13.1. The second kappa shape index (κ2) is 11.5. The van der Waals surface area contributed by atoms with Gasteiger partial charge in [0.15, 0.2) is 0 Å². The number of anilines is 1. The van der Waals surface area contributed by atoms with E-state index in [1.165, 1.54) is 6.07 Å². The van der Waals surface area contributed by atoms with Crippen LogP contribution < -0.4 is 14.4 Å². The molecule has 36 heavy (non-hydrogen) atoms. The molecule has 0 amide bonds. The van der Waals surface area contributed by atoms with Crippen molar-refractivity contribution in [3.8, 4) is 5.75 Å². The van der Waals surface area contributed by atoms with Crippen LogP contribution in [-0.2, 0) is 26.0 Å². The lowest BCUT2D eigenvalue weighted by Crippen LogP contribution is -2.37. The molecule has 1 atom stereocenters. The minimum Gasteiger partial charge on any atom is -0.492 e. The molecule has 1 saturated heterocycles. The molecule has 0 unspecified atom stereocenters. The number of piperidine rings is 1. The minimum absolute atomic E-state index is 0.126. The standard InChI is InChI=1S/C27H30N2O6S/c30-19-22(17-27(31)32)28-36(33,34)26-12-11-23(29-14-4-1-5-15-29)18-25(26)35-16-13-21-9-6-8-20-7-2-3-10-24(20)21/h2-3,6-12,18-19,22,28H,1,4-5,13-17H2,(H,31,32)/t22-/m0/s1. The fraction of sp³-hybridized carbons (Fsp3) is 0.333. The van der Waals surface area contributed by atoms with Gasteiger partial charge in [0.2, 0.25) is 10.0 Å². The summed E-state index contributed by atoms with van der Waals surface area (Å²) in [7, 11) is -4.21. The summed E-state index contributed by atoms with van der Waals surface area (Å²) >= 11 is 0. The number of hydrogen-bond donors (Lipinski definition) is 2. The van der Waals surface area contributed by atoms with Crippen molar-refractivity contribution < 1.29 is 27.9 Å². The van der Waals surface area contributed by atoms with Gasteiger partial charge in [-0.3, -0.25) is 4.79 Å². The lowest BCUT2D eigenvalue weighted by Gasteiger charge is -2.29. The van der Waals surface area contributed by atoms with Gasteiger partial charge >= 0.3 is 5.97 Å². The van der Waals surface area contributed by atoms with Gasteiger partial charge in [-0.25, -0.2) is 13.1 Å². The molecule has 1 aliphatic rings. The predicted octanol–water partition coefficient (Wildman–Crippen LogP) is 3.77. The van der Waals surface area contributed by atoms with Gasteiger partial charge in [-0.2, -0.15) is 0 Å². The fourth-order valence-corrected chi connectivity index (χ4v) is 5.82. The van der Waals surface area contributed by atoms with Crippen molar-refractivity contribution in [2.45, 2.75) is 43.0 Å². The first-order chi connectivity index (χ1) is 17.4. The number of ether oxygens (including phenoxy) is 1. The molecule has 0 saturated carbocycles. The third-order valence-corrected chi connectivity index (χ3v) is 7.84. The smallest absolute Gasteiger partial charge is 0.305 e. The van der Waals surface area contributed by atoms with Gasteiger partial charge in [-0.05, 0) is 47.7 Å². The SMILES string of the molecule is O=C[C@H](CC(=O)O)NS(=O)(=O)c1ccc(N2CCCCC2)cc1OCCc1cccc2ccccc12. The van der Waals surface area contributed by atoms with Crippen LogP contribution in [0.5, 0.6) is 5.75 Å². The Hall–Kier alpha value is -3.43. The van der Waals surface area contributed by atoms with Gasteiger partial charge in [0.05, 0.1) is 19.1 Å². The molecule has 1 aliphatic heterocycles. The van der Waals surface area contributed by atoms with Crippen LogP contribution in [0, 0.1) is 0 Å². The van der Waals surface area contributed by atoms with E-state index in [1.54, 1.807) is 12.1 Å². The number of nitrogens with zero attached hydrogens (tertiary/aromatic N) is 1. The van der Waals surface area contributed by atoms with Gasteiger partial charge in [-0.1, -0.05) is 42.5 Å². The van der Waals surface area contributed by atoms with Crippen molar-refractivity contribution in [2.24, 2.45) is 0 Å². The van der Waals surface area contributed by atoms with Crippen LogP contribution in [0.3, 0.4) is 0 Å². The molecule has 1 heterocycles. The molecule has 0 radical (unpaired) electrons. The van der Waals surface area contributed by atoms with Crippen molar-refractivity contribution in [1.82, 2.24) is 4.72 Å². The fourth-order valence-electron chi connectivity index (χ4n) is 4.53. The average molecular weight is 511 g/mol. The highest BCUT2D eigenvalue weighted by molar-refractivity contribution is 7.89. The van der Waals surface area contributed by atoms with Gasteiger partial charge in [0, 0.05) is 31.3 Å². The third kappa shape index (κ3) is 6.22. The number of nitrogens with one attached hydrogen (secondary N) is 1. The zero-order chi connectivity index (χ0) is 25.5. The lowest BCUT2D eigenvalue weighted by atomic mass is 10.0. The third-order valence-electron chi connectivity index (χ3n) is 6.31. The van der Waals surface area contributed by atoms with E-state index in [2.05, 4.69) is 9.62 Å². The summed E-state index contributed by atoms with van der Waals surface area (Å²) in [6.45, 7) is 2.00. The number of hydrogen-bond acceptors (Lipinski definition) is 6. The van der Waals surface area contributed by atoms with Crippen LogP contribution in [0.2, 0.25) is 0 Å². The number of sulfonamides is 1. The van der Waals surface area contributed by atoms with Crippen molar-refractivity contribution >= 4 is 38.7 Å². The van der Waals surface area contributed by atoms with Crippen molar-refractivity contribution in [1.29, 1.82) is 0 Å². The molecule has 4 rings (SSSR count). The Kier molecular flexibility index (Phi) is 8.22. The molecule has 2 N–H and O–H groups in total. The Morgan fingerprint density at radius 1 is 1.06 bits per heavy atom. The molecule has 8 nitrogen and oxygen atoms in total. The van der Waals surface area contributed by atoms with E-state index in [0.29, 0.717) is 6.42 Å². The largest absolute Gasteiger partial charge is 0.492 e. The van der Waals surface area contributed by atoms with Crippen LogP contribution in [-0.4, -0.2) is 51.5 Å². The number of carboxylic acid groups (broad SMARTS) is 1. The number of fused-ring (bicyclic) bond motifs is 1. The molecule has 9 heteroatoms. The topological polar surface area (TPSA) is 113 Å². The Morgan fingerprint density at radius 3 is 2.56 bits per heavy atom. The van der Waals surface area contributed by atoms with E-state index in [0.717, 1.165) is 54.4 Å². The van der Waals surface area contributed by atoms with E-state index in [9.17, 15) is 18.0 Å². The summed E-state index contributed by atoms with van der Waals surface area (Å²) in [5.41, 5.74) is 1.96. The zero-order valence-electron chi connectivity index (χ0n) is 19.9. The quantitative estimate of drug-likeness (QED) is 0.378. The zero-order valence-corrected chi connectivity index (χ0v) is 20.7. The number of carboxylic acids is 1. The molecule has 0 aromatic heterocycles. The first-order valence-corrected chi connectivity index (χ1v) is 13.5. The number of rotatable bonds is 11.